The number of ether oxygens (including phenoxy) is 4. The van der Waals surface area contributed by atoms with Gasteiger partial charge >= 0.3 is 11.9 Å². The van der Waals surface area contributed by atoms with Crippen LogP contribution in [-0.2, 0) is 37.9 Å². The molecule has 4 aromatic rings. The number of methoxy groups -OCH3 is 2. The van der Waals surface area contributed by atoms with Gasteiger partial charge in [-0.2, -0.15) is 0 Å². The number of rotatable bonds is 13. The highest BCUT2D eigenvalue weighted by atomic mass is 16.5. The molecular formula is C35H32O7. The Morgan fingerprint density at radius 3 is 1.76 bits per heavy atom. The number of hydrogen-bond acceptors (Lipinski definition) is 6. The molecule has 4 rings (SSSR count). The minimum Gasteiger partial charge on any atom is -0.497 e. The van der Waals surface area contributed by atoms with Gasteiger partial charge in [0.15, 0.2) is 0 Å². The number of hydrogen-bond donors (Lipinski definition) is 1. The van der Waals surface area contributed by atoms with Gasteiger partial charge in [-0.3, -0.25) is 9.59 Å². The second-order valence-electron chi connectivity index (χ2n) is 9.53. The highest BCUT2D eigenvalue weighted by molar-refractivity contribution is 5.76. The lowest BCUT2D eigenvalue weighted by atomic mass is 9.80. The highest BCUT2D eigenvalue weighted by Gasteiger charge is 2.38. The van der Waals surface area contributed by atoms with E-state index in [1.807, 2.05) is 91.0 Å². The minimum atomic E-state index is -1.06. The summed E-state index contributed by atoms with van der Waals surface area (Å²) >= 11 is 0. The van der Waals surface area contributed by atoms with Crippen LogP contribution in [0.15, 0.2) is 97.1 Å². The van der Waals surface area contributed by atoms with E-state index in [1.54, 1.807) is 20.3 Å². The molecule has 7 heteroatoms. The van der Waals surface area contributed by atoms with Crippen LogP contribution in [0.4, 0.5) is 0 Å². The monoisotopic (exact) mass is 564 g/mol. The third kappa shape index (κ3) is 7.17. The van der Waals surface area contributed by atoms with Crippen LogP contribution in [0.5, 0.6) is 11.5 Å². The number of carbonyl (C=O) groups is 2. The molecule has 0 atom stereocenters. The molecule has 0 aliphatic heterocycles. The Kier molecular flexibility index (Phi) is 9.99. The van der Waals surface area contributed by atoms with Gasteiger partial charge in [0.05, 0.1) is 33.7 Å². The molecule has 1 N–H and O–H groups in total. The van der Waals surface area contributed by atoms with E-state index in [0.717, 1.165) is 33.8 Å². The summed E-state index contributed by atoms with van der Waals surface area (Å²) in [6.45, 7) is 0.129. The molecule has 0 radical (unpaired) electrons. The van der Waals surface area contributed by atoms with Crippen molar-refractivity contribution in [3.8, 4) is 23.8 Å². The average Bonchev–Trinajstić information content (AvgIpc) is 3.04. The Hall–Kier alpha value is -5.06. The van der Waals surface area contributed by atoms with Crippen molar-refractivity contribution in [1.29, 1.82) is 0 Å². The second-order valence-corrected chi connectivity index (χ2v) is 9.53. The highest BCUT2D eigenvalue weighted by Crippen LogP contribution is 2.42. The maximum absolute atomic E-state index is 12.0. The zero-order chi connectivity index (χ0) is 30.0. The van der Waals surface area contributed by atoms with Gasteiger partial charge < -0.3 is 24.1 Å². The Balaban J connectivity index is 1.73. The first kappa shape index (κ1) is 29.9. The molecule has 4 aromatic carbocycles. The molecule has 0 heterocycles. The van der Waals surface area contributed by atoms with Gasteiger partial charge in [-0.15, -0.1) is 6.42 Å². The molecule has 0 aliphatic carbocycles. The molecule has 0 saturated heterocycles. The van der Waals surface area contributed by atoms with E-state index in [0.29, 0.717) is 11.1 Å². The molecule has 7 nitrogen and oxygen atoms in total. The molecule has 0 aliphatic rings. The van der Waals surface area contributed by atoms with Crippen molar-refractivity contribution in [3.05, 3.63) is 130 Å². The summed E-state index contributed by atoms with van der Waals surface area (Å²) in [6.07, 6.45) is 5.25. The number of carboxylic acids is 1. The number of carbonyl (C=O) groups excluding carboxylic acids is 1. The normalized spacial score (nSPS) is 10.9. The van der Waals surface area contributed by atoms with Crippen molar-refractivity contribution in [1.82, 2.24) is 0 Å². The van der Waals surface area contributed by atoms with Gasteiger partial charge in [-0.25, -0.2) is 0 Å². The zero-order valence-corrected chi connectivity index (χ0v) is 23.5. The van der Waals surface area contributed by atoms with Crippen LogP contribution in [0.1, 0.15) is 46.2 Å². The fourth-order valence-corrected chi connectivity index (χ4v) is 4.72. The van der Waals surface area contributed by atoms with Crippen molar-refractivity contribution >= 4 is 11.9 Å². The summed E-state index contributed by atoms with van der Waals surface area (Å²) in [6, 6.07) is 30.9. The van der Waals surface area contributed by atoms with E-state index < -0.39 is 17.5 Å². The first-order chi connectivity index (χ1) is 20.4. The zero-order valence-electron chi connectivity index (χ0n) is 23.5. The van der Waals surface area contributed by atoms with Crippen molar-refractivity contribution < 1.29 is 33.6 Å². The van der Waals surface area contributed by atoms with Crippen LogP contribution in [0.3, 0.4) is 0 Å². The van der Waals surface area contributed by atoms with Crippen LogP contribution in [-0.4, -0.2) is 31.3 Å². The molecule has 0 spiro atoms. The van der Waals surface area contributed by atoms with Gasteiger partial charge in [0.1, 0.15) is 23.7 Å². The van der Waals surface area contributed by atoms with E-state index >= 15 is 0 Å². The first-order valence-corrected chi connectivity index (χ1v) is 13.3. The summed E-state index contributed by atoms with van der Waals surface area (Å²) in [5, 5.41) is 8.82. The van der Waals surface area contributed by atoms with Crippen molar-refractivity contribution in [3.63, 3.8) is 0 Å². The van der Waals surface area contributed by atoms with Crippen LogP contribution in [0.25, 0.3) is 0 Å². The Bertz CT molecular complexity index is 1490. The minimum absolute atomic E-state index is 0.0399. The smallest absolute Gasteiger partial charge is 0.306 e. The fraction of sp³-hybridized carbons (Fsp3) is 0.200. The van der Waals surface area contributed by atoms with Crippen LogP contribution in [0.2, 0.25) is 0 Å². The lowest BCUT2D eigenvalue weighted by molar-refractivity contribution is -0.148. The summed E-state index contributed by atoms with van der Waals surface area (Å²) in [5.41, 5.74) is 3.74. The van der Waals surface area contributed by atoms with Gasteiger partial charge in [0, 0.05) is 5.56 Å². The molecule has 0 saturated carbocycles. The molecule has 0 aromatic heterocycles. The third-order valence-corrected chi connectivity index (χ3v) is 6.79. The van der Waals surface area contributed by atoms with Gasteiger partial charge in [-0.1, -0.05) is 60.5 Å². The molecular weight excluding hydrogens is 532 g/mol. The van der Waals surface area contributed by atoms with Crippen molar-refractivity contribution in [2.24, 2.45) is 0 Å². The molecule has 0 amide bonds. The maximum Gasteiger partial charge on any atom is 0.306 e. The summed E-state index contributed by atoms with van der Waals surface area (Å²) < 4.78 is 23.1. The van der Waals surface area contributed by atoms with E-state index in [1.165, 1.54) is 0 Å². The lowest BCUT2D eigenvalue weighted by Gasteiger charge is -2.36. The van der Waals surface area contributed by atoms with E-state index in [9.17, 15) is 9.59 Å². The van der Waals surface area contributed by atoms with Gasteiger partial charge in [0.25, 0.3) is 0 Å². The predicted molar refractivity (Wildman–Crippen MR) is 158 cm³/mol. The standard InChI is InChI=1S/C35H32O7/c1-4-25-20-26(23-41-34(38)19-18-33(36)37)22-27(21-25)24-42-35(28-8-6-5-7-9-28,29-10-14-31(39-2)15-11-29)30-12-16-32(40-3)17-13-30/h1,5-17,20-22H,18-19,23-24H2,2-3H3,(H,36,37). The second kappa shape index (κ2) is 14.0. The third-order valence-electron chi connectivity index (χ3n) is 6.79. The summed E-state index contributed by atoms with van der Waals surface area (Å²) in [7, 11) is 3.25. The molecule has 0 bridgehead atoms. The van der Waals surface area contributed by atoms with E-state index in [2.05, 4.69) is 5.92 Å². The number of aliphatic carboxylic acids is 1. The van der Waals surface area contributed by atoms with Crippen molar-refractivity contribution in [2.75, 3.05) is 14.2 Å². The van der Waals surface area contributed by atoms with Crippen LogP contribution < -0.4 is 9.47 Å². The average molecular weight is 565 g/mol. The fourth-order valence-electron chi connectivity index (χ4n) is 4.72. The summed E-state index contributed by atoms with van der Waals surface area (Å²) in [4.78, 5) is 22.8. The number of benzene rings is 4. The van der Waals surface area contributed by atoms with Crippen molar-refractivity contribution in [2.45, 2.75) is 31.7 Å². The van der Waals surface area contributed by atoms with E-state index in [-0.39, 0.29) is 26.1 Å². The number of terminal acetylenes is 1. The number of esters is 1. The quantitative estimate of drug-likeness (QED) is 0.119. The molecule has 214 valence electrons. The number of carboxylic acid groups (broad SMARTS) is 1. The van der Waals surface area contributed by atoms with Crippen LogP contribution >= 0.6 is 0 Å². The lowest BCUT2D eigenvalue weighted by Crippen LogP contribution is -2.32. The maximum atomic E-state index is 12.0. The molecule has 0 fully saturated rings. The Morgan fingerprint density at radius 1 is 0.738 bits per heavy atom. The van der Waals surface area contributed by atoms with Gasteiger partial charge in [0.2, 0.25) is 0 Å². The topological polar surface area (TPSA) is 91.3 Å². The molecule has 42 heavy (non-hydrogen) atoms. The Labute approximate surface area is 245 Å². The predicted octanol–water partition coefficient (Wildman–Crippen LogP) is 6.10. The largest absolute Gasteiger partial charge is 0.497 e. The first-order valence-electron chi connectivity index (χ1n) is 13.3. The summed E-state index contributed by atoms with van der Waals surface area (Å²) in [5.74, 6) is 2.44. The Morgan fingerprint density at radius 2 is 1.26 bits per heavy atom. The van der Waals surface area contributed by atoms with Crippen LogP contribution in [0, 0.1) is 12.3 Å². The van der Waals surface area contributed by atoms with E-state index in [4.69, 9.17) is 30.5 Å². The molecule has 0 unspecified atom stereocenters. The van der Waals surface area contributed by atoms with Gasteiger partial charge in [-0.05, 0) is 70.3 Å². The SMILES string of the molecule is C#Cc1cc(COC(=O)CCC(=O)O)cc(COC(c2ccccc2)(c2ccc(OC)cc2)c2ccc(OC)cc2)c1.